The van der Waals surface area contributed by atoms with Crippen molar-refractivity contribution in [2.24, 2.45) is 0 Å². The Labute approximate surface area is 335 Å². The molecule has 0 aromatic heterocycles. The van der Waals surface area contributed by atoms with Gasteiger partial charge in [0.05, 0.1) is 25.2 Å². The quantitative estimate of drug-likeness (QED) is 0.0327. The highest BCUT2D eigenvalue weighted by atomic mass is 16.5. The van der Waals surface area contributed by atoms with Gasteiger partial charge in [-0.15, -0.1) is 0 Å². The lowest BCUT2D eigenvalue weighted by molar-refractivity contribution is -0.151. The van der Waals surface area contributed by atoms with E-state index < -0.39 is 18.2 Å². The second-order valence-electron chi connectivity index (χ2n) is 16.2. The Morgan fingerprint density at radius 3 is 1.41 bits per heavy atom. The average molecular weight is 762 g/mol. The molecule has 0 aliphatic heterocycles. The Kier molecular flexibility index (Phi) is 41.2. The molecule has 0 heterocycles. The van der Waals surface area contributed by atoms with Gasteiger partial charge in [-0.3, -0.25) is 9.59 Å². The second kappa shape index (κ2) is 42.5. The van der Waals surface area contributed by atoms with Crippen molar-refractivity contribution in [1.29, 1.82) is 0 Å². The van der Waals surface area contributed by atoms with Crippen molar-refractivity contribution in [3.8, 4) is 0 Å². The number of hydrogen-bond acceptors (Lipinski definition) is 5. The number of esters is 1. The number of rotatable bonds is 42. The largest absolute Gasteiger partial charge is 0.462 e. The molecular formula is C48H91NO5. The molecular weight excluding hydrogens is 671 g/mol. The van der Waals surface area contributed by atoms with E-state index in [9.17, 15) is 19.8 Å². The van der Waals surface area contributed by atoms with Gasteiger partial charge < -0.3 is 20.3 Å². The number of hydrogen-bond donors (Lipinski definition) is 3. The first-order valence-corrected chi connectivity index (χ1v) is 23.6. The maximum absolute atomic E-state index is 13.1. The molecule has 0 aliphatic carbocycles. The third-order valence-corrected chi connectivity index (χ3v) is 10.8. The Morgan fingerprint density at radius 1 is 0.537 bits per heavy atom. The number of allylic oxidation sites excluding steroid dienone is 4. The Bertz CT molecular complexity index is 858. The highest BCUT2D eigenvalue weighted by molar-refractivity contribution is 5.77. The first-order valence-electron chi connectivity index (χ1n) is 23.6. The first kappa shape index (κ1) is 52.3. The molecule has 0 radical (unpaired) electrons. The van der Waals surface area contributed by atoms with Crippen LogP contribution in [0.1, 0.15) is 245 Å². The van der Waals surface area contributed by atoms with E-state index in [0.29, 0.717) is 19.3 Å². The predicted octanol–water partition coefficient (Wildman–Crippen LogP) is 13.6. The summed E-state index contributed by atoms with van der Waals surface area (Å²) in [5.41, 5.74) is 0. The summed E-state index contributed by atoms with van der Waals surface area (Å²) < 4.78 is 5.90. The number of aliphatic hydroxyl groups is 2. The van der Waals surface area contributed by atoms with Crippen LogP contribution in [-0.4, -0.2) is 46.9 Å². The van der Waals surface area contributed by atoms with Crippen molar-refractivity contribution in [3.05, 3.63) is 24.3 Å². The van der Waals surface area contributed by atoms with Gasteiger partial charge in [-0.2, -0.15) is 0 Å². The molecule has 0 aromatic carbocycles. The van der Waals surface area contributed by atoms with Crippen LogP contribution in [0.4, 0.5) is 0 Å². The molecule has 318 valence electrons. The van der Waals surface area contributed by atoms with E-state index in [1.54, 1.807) is 0 Å². The van der Waals surface area contributed by atoms with E-state index in [0.717, 1.165) is 77.0 Å². The van der Waals surface area contributed by atoms with Gasteiger partial charge in [-0.25, -0.2) is 0 Å². The first-order chi connectivity index (χ1) is 26.5. The number of unbranched alkanes of at least 4 members (excludes halogenated alkanes) is 27. The van der Waals surface area contributed by atoms with Gasteiger partial charge >= 0.3 is 5.97 Å². The zero-order valence-corrected chi connectivity index (χ0v) is 36.1. The fraction of sp³-hybridized carbons (Fsp3) is 0.875. The number of aliphatic hydroxyl groups excluding tert-OH is 2. The molecule has 3 N–H and O–H groups in total. The Morgan fingerprint density at radius 2 is 0.926 bits per heavy atom. The van der Waals surface area contributed by atoms with Crippen LogP contribution < -0.4 is 5.32 Å². The van der Waals surface area contributed by atoms with Crippen LogP contribution in [0.25, 0.3) is 0 Å². The van der Waals surface area contributed by atoms with Crippen LogP contribution in [-0.2, 0) is 14.3 Å². The van der Waals surface area contributed by atoms with Crippen molar-refractivity contribution >= 4 is 11.9 Å². The second-order valence-corrected chi connectivity index (χ2v) is 16.2. The number of nitrogens with one attached hydrogen (secondary N) is 1. The highest BCUT2D eigenvalue weighted by Gasteiger charge is 2.24. The molecule has 0 spiro atoms. The van der Waals surface area contributed by atoms with Gasteiger partial charge in [-0.1, -0.05) is 206 Å². The van der Waals surface area contributed by atoms with Crippen LogP contribution in [0, 0.1) is 0 Å². The molecule has 0 fully saturated rings. The van der Waals surface area contributed by atoms with E-state index in [1.807, 2.05) is 0 Å². The molecule has 0 bridgehead atoms. The predicted molar refractivity (Wildman–Crippen MR) is 232 cm³/mol. The third-order valence-electron chi connectivity index (χ3n) is 10.8. The van der Waals surface area contributed by atoms with Crippen LogP contribution in [0.2, 0.25) is 0 Å². The van der Waals surface area contributed by atoms with E-state index in [4.69, 9.17) is 4.74 Å². The van der Waals surface area contributed by atoms with Crippen LogP contribution in [0.3, 0.4) is 0 Å². The van der Waals surface area contributed by atoms with Crippen molar-refractivity contribution in [3.63, 3.8) is 0 Å². The Balaban J connectivity index is 4.61. The molecule has 3 unspecified atom stereocenters. The standard InChI is InChI=1S/C48H91NO5/c1-4-7-10-13-16-19-21-23-25-28-30-33-36-39-44(54-48(53)41-38-35-32-29-26-24-22-20-17-14-11-8-5-2)42-47(52)49-45(43-50)46(51)40-37-34-31-27-18-15-12-9-6-3/h16,19,21,23,44-46,50-51H,4-15,17-18,20,22,24-43H2,1-3H3,(H,49,52)/b19-16+,23-21+. The molecule has 0 saturated carbocycles. The Hall–Kier alpha value is -1.66. The van der Waals surface area contributed by atoms with E-state index in [2.05, 4.69) is 50.4 Å². The molecule has 54 heavy (non-hydrogen) atoms. The van der Waals surface area contributed by atoms with Gasteiger partial charge in [0, 0.05) is 6.42 Å². The van der Waals surface area contributed by atoms with Gasteiger partial charge in [0.15, 0.2) is 0 Å². The summed E-state index contributed by atoms with van der Waals surface area (Å²) in [5, 5.41) is 23.6. The molecule has 0 saturated heterocycles. The number of amides is 1. The molecule has 1 amide bonds. The van der Waals surface area contributed by atoms with Crippen molar-refractivity contribution in [2.75, 3.05) is 6.61 Å². The van der Waals surface area contributed by atoms with E-state index in [1.165, 1.54) is 122 Å². The van der Waals surface area contributed by atoms with Crippen molar-refractivity contribution in [2.45, 2.75) is 264 Å². The van der Waals surface area contributed by atoms with Gasteiger partial charge in [0.2, 0.25) is 5.91 Å². The van der Waals surface area contributed by atoms with Gasteiger partial charge in [-0.05, 0) is 51.4 Å². The number of carbonyl (C=O) groups excluding carboxylic acids is 2. The minimum atomic E-state index is -0.786. The SMILES string of the molecule is CCCCC/C=C/C=C/CCCCCCC(CC(=O)NC(CO)C(O)CCCCCCCCCCC)OC(=O)CCCCCCCCCCCCCCC. The zero-order valence-electron chi connectivity index (χ0n) is 36.1. The average Bonchev–Trinajstić information content (AvgIpc) is 3.16. The summed E-state index contributed by atoms with van der Waals surface area (Å²) in [7, 11) is 0. The van der Waals surface area contributed by atoms with E-state index >= 15 is 0 Å². The zero-order chi connectivity index (χ0) is 39.6. The lowest BCUT2D eigenvalue weighted by atomic mass is 10.0. The van der Waals surface area contributed by atoms with Gasteiger partial charge in [0.25, 0.3) is 0 Å². The van der Waals surface area contributed by atoms with Crippen LogP contribution in [0.5, 0.6) is 0 Å². The van der Waals surface area contributed by atoms with Crippen molar-refractivity contribution in [1.82, 2.24) is 5.32 Å². The molecule has 0 aromatic rings. The van der Waals surface area contributed by atoms with Crippen molar-refractivity contribution < 1.29 is 24.5 Å². The summed E-state index contributed by atoms with van der Waals surface area (Å²) in [4.78, 5) is 26.0. The fourth-order valence-corrected chi connectivity index (χ4v) is 7.19. The monoisotopic (exact) mass is 762 g/mol. The topological polar surface area (TPSA) is 95.9 Å². The lowest BCUT2D eigenvalue weighted by Gasteiger charge is -2.24. The summed E-state index contributed by atoms with van der Waals surface area (Å²) in [5.74, 6) is -0.486. The maximum atomic E-state index is 13.1. The molecule has 6 heteroatoms. The number of carbonyl (C=O) groups is 2. The normalized spacial score (nSPS) is 13.5. The maximum Gasteiger partial charge on any atom is 0.306 e. The minimum absolute atomic E-state index is 0.0684. The van der Waals surface area contributed by atoms with Gasteiger partial charge in [0.1, 0.15) is 6.10 Å². The molecule has 6 nitrogen and oxygen atoms in total. The summed E-state index contributed by atoms with van der Waals surface area (Å²) >= 11 is 0. The molecule has 0 rings (SSSR count). The minimum Gasteiger partial charge on any atom is -0.462 e. The van der Waals surface area contributed by atoms with Crippen LogP contribution >= 0.6 is 0 Å². The van der Waals surface area contributed by atoms with E-state index in [-0.39, 0.29) is 24.9 Å². The third kappa shape index (κ3) is 37.3. The summed E-state index contributed by atoms with van der Waals surface area (Å²) in [6.07, 6.45) is 46.6. The van der Waals surface area contributed by atoms with Crippen LogP contribution in [0.15, 0.2) is 24.3 Å². The fourth-order valence-electron chi connectivity index (χ4n) is 7.19. The molecule has 0 aliphatic rings. The smallest absolute Gasteiger partial charge is 0.306 e. The summed E-state index contributed by atoms with van der Waals surface area (Å²) in [6, 6.07) is -0.701. The number of ether oxygens (including phenoxy) is 1. The summed E-state index contributed by atoms with van der Waals surface area (Å²) in [6.45, 7) is 6.42. The molecule has 3 atom stereocenters. The highest BCUT2D eigenvalue weighted by Crippen LogP contribution is 2.17. The lowest BCUT2D eigenvalue weighted by Crippen LogP contribution is -2.46.